The van der Waals surface area contributed by atoms with Crippen LogP contribution in [0.15, 0.2) is 30.3 Å². The number of anilines is 1. The number of benzene rings is 1. The minimum Gasteiger partial charge on any atom is -0.385 e. The molecule has 1 heterocycles. The number of nitrogens with one attached hydrogen (secondary N) is 1. The summed E-state index contributed by atoms with van der Waals surface area (Å²) in [6, 6.07) is 10.4. The van der Waals surface area contributed by atoms with Gasteiger partial charge in [-0.1, -0.05) is 6.07 Å². The van der Waals surface area contributed by atoms with Crippen molar-refractivity contribution in [2.45, 2.75) is 19.8 Å². The Kier molecular flexibility index (Phi) is 3.94. The summed E-state index contributed by atoms with van der Waals surface area (Å²) in [6.07, 6.45) is 2.18. The van der Waals surface area contributed by atoms with Gasteiger partial charge in [0.25, 0.3) is 0 Å². The topological polar surface area (TPSA) is 50.9 Å². The molecule has 2 rings (SSSR count). The van der Waals surface area contributed by atoms with Crippen LogP contribution < -0.4 is 11.1 Å². The first-order chi connectivity index (χ1) is 8.29. The molecular weight excluding hydrogens is 210 g/mol. The van der Waals surface area contributed by atoms with Gasteiger partial charge in [-0.3, -0.25) is 4.98 Å². The fourth-order valence-electron chi connectivity index (χ4n) is 1.84. The summed E-state index contributed by atoms with van der Waals surface area (Å²) in [6.45, 7) is 3.75. The van der Waals surface area contributed by atoms with E-state index in [-0.39, 0.29) is 0 Å². The molecule has 0 amide bonds. The van der Waals surface area contributed by atoms with Crippen molar-refractivity contribution in [2.75, 3.05) is 18.4 Å². The lowest BCUT2D eigenvalue weighted by Gasteiger charge is -2.07. The van der Waals surface area contributed by atoms with Crippen LogP contribution in [-0.4, -0.2) is 18.1 Å². The maximum Gasteiger partial charge on any atom is 0.0706 e. The number of nitrogens with two attached hydrogens (primary N) is 1. The Balaban J connectivity index is 2.07. The Labute approximate surface area is 102 Å². The monoisotopic (exact) mass is 229 g/mol. The van der Waals surface area contributed by atoms with Crippen LogP contribution >= 0.6 is 0 Å². The van der Waals surface area contributed by atoms with Crippen molar-refractivity contribution < 1.29 is 0 Å². The Morgan fingerprint density at radius 1 is 1.18 bits per heavy atom. The molecule has 3 N–H and O–H groups in total. The lowest BCUT2D eigenvalue weighted by molar-refractivity contribution is 0.774. The summed E-state index contributed by atoms with van der Waals surface area (Å²) >= 11 is 0. The van der Waals surface area contributed by atoms with Crippen molar-refractivity contribution in [1.82, 2.24) is 4.98 Å². The molecule has 0 fully saturated rings. The quantitative estimate of drug-likeness (QED) is 0.775. The predicted octanol–water partition coefficient (Wildman–Crippen LogP) is 2.69. The number of fused-ring (bicyclic) bond motifs is 1. The lowest BCUT2D eigenvalue weighted by atomic mass is 10.2. The molecule has 1 aromatic heterocycles. The number of aromatic nitrogens is 1. The second-order valence-corrected chi connectivity index (χ2v) is 4.28. The minimum absolute atomic E-state index is 0.766. The van der Waals surface area contributed by atoms with E-state index < -0.39 is 0 Å². The average Bonchev–Trinajstić information content (AvgIpc) is 2.35. The zero-order valence-electron chi connectivity index (χ0n) is 10.2. The molecule has 0 atom stereocenters. The van der Waals surface area contributed by atoms with E-state index in [2.05, 4.69) is 34.6 Å². The molecule has 0 saturated heterocycles. The first kappa shape index (κ1) is 11.9. The SMILES string of the molecule is Cc1ccc2cc(NCCCCN)ccc2n1. The Morgan fingerprint density at radius 3 is 2.88 bits per heavy atom. The molecule has 3 heteroatoms. The number of unbranched alkanes of at least 4 members (excludes halogenated alkanes) is 1. The van der Waals surface area contributed by atoms with Crippen molar-refractivity contribution in [3.63, 3.8) is 0 Å². The normalized spacial score (nSPS) is 10.7. The Morgan fingerprint density at radius 2 is 2.06 bits per heavy atom. The fraction of sp³-hybridized carbons (Fsp3) is 0.357. The third-order valence-electron chi connectivity index (χ3n) is 2.79. The second kappa shape index (κ2) is 5.64. The zero-order valence-corrected chi connectivity index (χ0v) is 10.2. The van der Waals surface area contributed by atoms with E-state index in [4.69, 9.17) is 5.73 Å². The zero-order chi connectivity index (χ0) is 12.1. The molecule has 0 radical (unpaired) electrons. The standard InChI is InChI=1S/C14H19N3/c1-11-4-5-12-10-13(6-7-14(12)17-11)16-9-3-2-8-15/h4-7,10,16H,2-3,8-9,15H2,1H3. The van der Waals surface area contributed by atoms with E-state index >= 15 is 0 Å². The van der Waals surface area contributed by atoms with E-state index in [0.29, 0.717) is 0 Å². The second-order valence-electron chi connectivity index (χ2n) is 4.28. The number of nitrogens with zero attached hydrogens (tertiary/aromatic N) is 1. The highest BCUT2D eigenvalue weighted by Gasteiger charge is 1.97. The molecule has 1 aromatic carbocycles. The highest BCUT2D eigenvalue weighted by Crippen LogP contribution is 2.18. The van der Waals surface area contributed by atoms with E-state index in [1.807, 2.05) is 13.0 Å². The third-order valence-corrected chi connectivity index (χ3v) is 2.79. The van der Waals surface area contributed by atoms with Gasteiger partial charge in [-0.05, 0) is 50.6 Å². The molecule has 0 aliphatic heterocycles. The summed E-state index contributed by atoms with van der Waals surface area (Å²) in [5.74, 6) is 0. The summed E-state index contributed by atoms with van der Waals surface area (Å²) in [7, 11) is 0. The summed E-state index contributed by atoms with van der Waals surface area (Å²) in [5, 5.41) is 4.58. The van der Waals surface area contributed by atoms with Crippen LogP contribution in [0.5, 0.6) is 0 Å². The van der Waals surface area contributed by atoms with E-state index in [1.165, 1.54) is 5.39 Å². The molecule has 3 nitrogen and oxygen atoms in total. The van der Waals surface area contributed by atoms with Crippen LogP contribution in [0.25, 0.3) is 10.9 Å². The average molecular weight is 229 g/mol. The van der Waals surface area contributed by atoms with Gasteiger partial charge in [-0.15, -0.1) is 0 Å². The largest absolute Gasteiger partial charge is 0.385 e. The van der Waals surface area contributed by atoms with Gasteiger partial charge in [0.1, 0.15) is 0 Å². The number of hydrogen-bond acceptors (Lipinski definition) is 3. The fourth-order valence-corrected chi connectivity index (χ4v) is 1.84. The predicted molar refractivity (Wildman–Crippen MR) is 73.3 cm³/mol. The number of pyridine rings is 1. The van der Waals surface area contributed by atoms with Crippen molar-refractivity contribution >= 4 is 16.6 Å². The maximum atomic E-state index is 5.46. The van der Waals surface area contributed by atoms with Gasteiger partial charge in [0, 0.05) is 23.3 Å². The molecule has 0 saturated carbocycles. The summed E-state index contributed by atoms with van der Waals surface area (Å²) in [4.78, 5) is 4.48. The smallest absolute Gasteiger partial charge is 0.0706 e. The molecule has 0 unspecified atom stereocenters. The first-order valence-electron chi connectivity index (χ1n) is 6.11. The summed E-state index contributed by atoms with van der Waals surface area (Å²) < 4.78 is 0. The lowest BCUT2D eigenvalue weighted by Crippen LogP contribution is -2.05. The number of rotatable bonds is 5. The van der Waals surface area contributed by atoms with Gasteiger partial charge in [-0.2, -0.15) is 0 Å². The van der Waals surface area contributed by atoms with Gasteiger partial charge in [0.2, 0.25) is 0 Å². The van der Waals surface area contributed by atoms with E-state index in [9.17, 15) is 0 Å². The molecule has 0 aliphatic rings. The van der Waals surface area contributed by atoms with Crippen molar-refractivity contribution in [3.8, 4) is 0 Å². The maximum absolute atomic E-state index is 5.46. The molecule has 17 heavy (non-hydrogen) atoms. The molecule has 0 aliphatic carbocycles. The first-order valence-corrected chi connectivity index (χ1v) is 6.11. The minimum atomic E-state index is 0.766. The van der Waals surface area contributed by atoms with Gasteiger partial charge < -0.3 is 11.1 Å². The van der Waals surface area contributed by atoms with Gasteiger partial charge in [0.15, 0.2) is 0 Å². The summed E-state index contributed by atoms with van der Waals surface area (Å²) in [5.41, 5.74) is 8.72. The number of aryl methyl sites for hydroxylation is 1. The van der Waals surface area contributed by atoms with Crippen molar-refractivity contribution in [1.29, 1.82) is 0 Å². The molecule has 2 aromatic rings. The molecular formula is C14H19N3. The Bertz CT molecular complexity index is 494. The van der Waals surface area contributed by atoms with Crippen LogP contribution in [-0.2, 0) is 0 Å². The van der Waals surface area contributed by atoms with Gasteiger partial charge in [0.05, 0.1) is 5.52 Å². The van der Waals surface area contributed by atoms with Crippen molar-refractivity contribution in [3.05, 3.63) is 36.0 Å². The van der Waals surface area contributed by atoms with Crippen LogP contribution in [0, 0.1) is 6.92 Å². The van der Waals surface area contributed by atoms with Gasteiger partial charge in [-0.25, -0.2) is 0 Å². The number of hydrogen-bond donors (Lipinski definition) is 2. The van der Waals surface area contributed by atoms with Crippen molar-refractivity contribution in [2.24, 2.45) is 5.73 Å². The van der Waals surface area contributed by atoms with Gasteiger partial charge >= 0.3 is 0 Å². The van der Waals surface area contributed by atoms with Crippen LogP contribution in [0.2, 0.25) is 0 Å². The Hall–Kier alpha value is -1.61. The van der Waals surface area contributed by atoms with E-state index in [1.54, 1.807) is 0 Å². The van der Waals surface area contributed by atoms with E-state index in [0.717, 1.165) is 42.8 Å². The van der Waals surface area contributed by atoms with Crippen LogP contribution in [0.3, 0.4) is 0 Å². The molecule has 0 spiro atoms. The highest BCUT2D eigenvalue weighted by atomic mass is 14.9. The van der Waals surface area contributed by atoms with Crippen LogP contribution in [0.4, 0.5) is 5.69 Å². The highest BCUT2D eigenvalue weighted by molar-refractivity contribution is 5.82. The molecule has 90 valence electrons. The van der Waals surface area contributed by atoms with Crippen LogP contribution in [0.1, 0.15) is 18.5 Å². The molecule has 0 bridgehead atoms. The third kappa shape index (κ3) is 3.17.